The molecule has 0 radical (unpaired) electrons. The smallest absolute Gasteiger partial charge is 0.348 e. The second-order valence-electron chi connectivity index (χ2n) is 6.08. The fourth-order valence-electron chi connectivity index (χ4n) is 2.78. The van der Waals surface area contributed by atoms with Crippen molar-refractivity contribution in [3.63, 3.8) is 0 Å². The van der Waals surface area contributed by atoms with Crippen LogP contribution in [0.2, 0.25) is 0 Å². The molecule has 0 bridgehead atoms. The quantitative estimate of drug-likeness (QED) is 0.761. The predicted molar refractivity (Wildman–Crippen MR) is 94.0 cm³/mol. The van der Waals surface area contributed by atoms with E-state index in [1.54, 1.807) is 31.2 Å². The molecule has 0 spiro atoms. The van der Waals surface area contributed by atoms with Crippen LogP contribution < -0.4 is 10.9 Å². The largest absolute Gasteiger partial charge is 0.416 e. The molecule has 0 aliphatic heterocycles. The first kappa shape index (κ1) is 18.6. The zero-order valence-corrected chi connectivity index (χ0v) is 14.3. The van der Waals surface area contributed by atoms with Crippen LogP contribution >= 0.6 is 0 Å². The number of fused-ring (bicyclic) bond motifs is 1. The van der Waals surface area contributed by atoms with Crippen LogP contribution in [0.25, 0.3) is 11.0 Å². The number of aromatic nitrogens is 2. The number of carbonyl (C=O) groups excluding carboxylic acids is 1. The van der Waals surface area contributed by atoms with E-state index >= 15 is 0 Å². The van der Waals surface area contributed by atoms with E-state index in [0.717, 1.165) is 18.3 Å². The van der Waals surface area contributed by atoms with Gasteiger partial charge in [-0.25, -0.2) is 4.98 Å². The van der Waals surface area contributed by atoms with Crippen molar-refractivity contribution in [1.82, 2.24) is 14.9 Å². The van der Waals surface area contributed by atoms with E-state index in [0.29, 0.717) is 16.6 Å². The maximum atomic E-state index is 12.8. The molecule has 1 heterocycles. The van der Waals surface area contributed by atoms with Gasteiger partial charge >= 0.3 is 6.18 Å². The van der Waals surface area contributed by atoms with Gasteiger partial charge in [0.05, 0.1) is 28.8 Å². The van der Waals surface area contributed by atoms with Gasteiger partial charge in [-0.15, -0.1) is 0 Å². The van der Waals surface area contributed by atoms with Crippen molar-refractivity contribution >= 4 is 16.9 Å². The average Bonchev–Trinajstić information content (AvgIpc) is 2.63. The highest BCUT2D eigenvalue weighted by molar-refractivity contribution is 5.80. The summed E-state index contributed by atoms with van der Waals surface area (Å²) in [6, 6.07) is 11.0. The third-order valence-corrected chi connectivity index (χ3v) is 4.15. The van der Waals surface area contributed by atoms with Gasteiger partial charge < -0.3 is 5.32 Å². The number of alkyl halides is 3. The van der Waals surface area contributed by atoms with Crippen molar-refractivity contribution in [3.8, 4) is 0 Å². The van der Waals surface area contributed by atoms with E-state index in [-0.39, 0.29) is 6.54 Å². The summed E-state index contributed by atoms with van der Waals surface area (Å²) < 4.78 is 39.8. The van der Waals surface area contributed by atoms with E-state index < -0.39 is 29.2 Å². The summed E-state index contributed by atoms with van der Waals surface area (Å²) in [6.07, 6.45) is -3.32. The Balaban J connectivity index is 1.79. The van der Waals surface area contributed by atoms with Crippen LogP contribution in [0, 0.1) is 0 Å². The van der Waals surface area contributed by atoms with Crippen LogP contribution in [0.15, 0.2) is 59.5 Å². The van der Waals surface area contributed by atoms with Gasteiger partial charge in [0.15, 0.2) is 0 Å². The third-order valence-electron chi connectivity index (χ3n) is 4.15. The molecule has 0 saturated carbocycles. The van der Waals surface area contributed by atoms with Crippen molar-refractivity contribution in [3.05, 3.63) is 76.2 Å². The fraction of sp³-hybridized carbons (Fsp3) is 0.211. The number of amides is 1. The molecule has 1 atom stereocenters. The number of nitrogens with one attached hydrogen (secondary N) is 1. The Bertz CT molecular complexity index is 1040. The first-order chi connectivity index (χ1) is 12.8. The molecule has 5 nitrogen and oxygen atoms in total. The van der Waals surface area contributed by atoms with E-state index in [1.165, 1.54) is 16.7 Å². The summed E-state index contributed by atoms with van der Waals surface area (Å²) in [5, 5.41) is 2.63. The SMILES string of the molecule is C[C@H](NC(=O)Cn1c(=O)cnc2ccccc21)c1cccc(C(F)(F)F)c1. The van der Waals surface area contributed by atoms with Crippen molar-refractivity contribution in [2.24, 2.45) is 0 Å². The number of para-hydroxylation sites is 2. The number of carbonyl (C=O) groups is 1. The lowest BCUT2D eigenvalue weighted by Crippen LogP contribution is -2.34. The van der Waals surface area contributed by atoms with E-state index in [4.69, 9.17) is 0 Å². The number of hydrogen-bond donors (Lipinski definition) is 1. The molecule has 0 aliphatic rings. The number of rotatable bonds is 4. The second-order valence-corrected chi connectivity index (χ2v) is 6.08. The van der Waals surface area contributed by atoms with E-state index in [2.05, 4.69) is 10.3 Å². The lowest BCUT2D eigenvalue weighted by Gasteiger charge is -2.17. The van der Waals surface area contributed by atoms with E-state index in [9.17, 15) is 22.8 Å². The molecule has 2 aromatic carbocycles. The molecule has 3 aromatic rings. The highest BCUT2D eigenvalue weighted by Gasteiger charge is 2.30. The average molecular weight is 375 g/mol. The molecule has 0 saturated heterocycles. The van der Waals surface area contributed by atoms with Crippen LogP contribution in [0.1, 0.15) is 24.1 Å². The van der Waals surface area contributed by atoms with Crippen molar-refractivity contribution in [1.29, 1.82) is 0 Å². The first-order valence-electron chi connectivity index (χ1n) is 8.17. The standard InChI is InChI=1S/C19H16F3N3O2/c1-12(13-5-4-6-14(9-13)19(20,21)22)24-17(26)11-25-16-8-3-2-7-15(16)23-10-18(25)27/h2-10,12H,11H2,1H3,(H,24,26)/t12-/m0/s1. The number of benzene rings is 2. The maximum Gasteiger partial charge on any atom is 0.416 e. The molecule has 0 unspecified atom stereocenters. The van der Waals surface area contributed by atoms with Gasteiger partial charge in [0.2, 0.25) is 5.91 Å². The van der Waals surface area contributed by atoms with Crippen LogP contribution in [-0.2, 0) is 17.5 Å². The lowest BCUT2D eigenvalue weighted by molar-refractivity contribution is -0.137. The van der Waals surface area contributed by atoms with Crippen molar-refractivity contribution in [2.45, 2.75) is 25.7 Å². The highest BCUT2D eigenvalue weighted by atomic mass is 19.4. The van der Waals surface area contributed by atoms with Crippen LogP contribution in [0.3, 0.4) is 0 Å². The van der Waals surface area contributed by atoms with Crippen molar-refractivity contribution < 1.29 is 18.0 Å². The molecule has 140 valence electrons. The molecule has 3 rings (SSSR count). The number of halogens is 3. The summed E-state index contributed by atoms with van der Waals surface area (Å²) in [7, 11) is 0. The minimum Gasteiger partial charge on any atom is -0.348 e. The topological polar surface area (TPSA) is 64.0 Å². The fourth-order valence-corrected chi connectivity index (χ4v) is 2.78. The van der Waals surface area contributed by atoms with Crippen LogP contribution in [0.5, 0.6) is 0 Å². The maximum absolute atomic E-state index is 12.8. The molecule has 1 N–H and O–H groups in total. The van der Waals surface area contributed by atoms with Gasteiger partial charge in [-0.05, 0) is 36.8 Å². The van der Waals surface area contributed by atoms with Gasteiger partial charge in [0.25, 0.3) is 5.56 Å². The van der Waals surface area contributed by atoms with E-state index in [1.807, 2.05) is 0 Å². The summed E-state index contributed by atoms with van der Waals surface area (Å²) in [6.45, 7) is 1.33. The van der Waals surface area contributed by atoms with Crippen LogP contribution in [-0.4, -0.2) is 15.5 Å². The molecule has 0 fully saturated rings. The lowest BCUT2D eigenvalue weighted by atomic mass is 10.0. The van der Waals surface area contributed by atoms with Gasteiger partial charge in [-0.2, -0.15) is 13.2 Å². The summed E-state index contributed by atoms with van der Waals surface area (Å²) in [5.74, 6) is -0.488. The Labute approximate surface area is 152 Å². The van der Waals surface area contributed by atoms with Gasteiger partial charge in [-0.1, -0.05) is 24.3 Å². The molecule has 0 aliphatic carbocycles. The molecular weight excluding hydrogens is 359 g/mol. The zero-order valence-electron chi connectivity index (χ0n) is 14.3. The first-order valence-corrected chi connectivity index (χ1v) is 8.17. The Morgan fingerprint density at radius 2 is 1.93 bits per heavy atom. The van der Waals surface area contributed by atoms with Gasteiger partial charge in [0.1, 0.15) is 6.54 Å². The zero-order chi connectivity index (χ0) is 19.6. The molecular formula is C19H16F3N3O2. The van der Waals surface area contributed by atoms with Crippen LogP contribution in [0.4, 0.5) is 13.2 Å². The Morgan fingerprint density at radius 1 is 1.19 bits per heavy atom. The Morgan fingerprint density at radius 3 is 2.67 bits per heavy atom. The Hall–Kier alpha value is -3.16. The minimum atomic E-state index is -4.46. The molecule has 1 aromatic heterocycles. The molecule has 8 heteroatoms. The molecule has 27 heavy (non-hydrogen) atoms. The van der Waals surface area contributed by atoms with Gasteiger partial charge in [-0.3, -0.25) is 14.2 Å². The highest BCUT2D eigenvalue weighted by Crippen LogP contribution is 2.30. The normalized spacial score (nSPS) is 12.7. The molecule has 1 amide bonds. The monoisotopic (exact) mass is 375 g/mol. The minimum absolute atomic E-state index is 0.259. The summed E-state index contributed by atoms with van der Waals surface area (Å²) in [5.41, 5.74) is 0.181. The van der Waals surface area contributed by atoms with Crippen molar-refractivity contribution in [2.75, 3.05) is 0 Å². The Kier molecular flexibility index (Phi) is 4.98. The third kappa shape index (κ3) is 4.16. The summed E-state index contributed by atoms with van der Waals surface area (Å²) in [4.78, 5) is 28.5. The van der Waals surface area contributed by atoms with Gasteiger partial charge in [0, 0.05) is 0 Å². The predicted octanol–water partition coefficient (Wildman–Crippen LogP) is 3.29. The number of hydrogen-bond acceptors (Lipinski definition) is 3. The number of nitrogens with zero attached hydrogens (tertiary/aromatic N) is 2. The summed E-state index contributed by atoms with van der Waals surface area (Å²) >= 11 is 0. The second kappa shape index (κ2) is 7.22.